The molecule has 4 nitrogen and oxygen atoms in total. The minimum atomic E-state index is -0.501. The van der Waals surface area contributed by atoms with Crippen molar-refractivity contribution in [2.45, 2.75) is 20.0 Å². The second kappa shape index (κ2) is 3.89. The summed E-state index contributed by atoms with van der Waals surface area (Å²) in [5, 5.41) is 14.0. The van der Waals surface area contributed by atoms with Gasteiger partial charge < -0.3 is 10.8 Å². The summed E-state index contributed by atoms with van der Waals surface area (Å²) >= 11 is 0. The van der Waals surface area contributed by atoms with E-state index in [0.717, 1.165) is 11.3 Å². The standard InChI is InChI=1S/C9H17N3O/c1-6(4-10)9(13)8-5-12(3)11-7(8)2/h5-6,9,13H,4,10H2,1-3H3. The Bertz CT molecular complexity index is 282. The minimum Gasteiger partial charge on any atom is -0.388 e. The van der Waals surface area contributed by atoms with Crippen molar-refractivity contribution in [3.8, 4) is 0 Å². The lowest BCUT2D eigenvalue weighted by Crippen LogP contribution is -2.19. The fourth-order valence-electron chi connectivity index (χ4n) is 1.34. The summed E-state index contributed by atoms with van der Waals surface area (Å²) in [5.74, 6) is 0.0721. The van der Waals surface area contributed by atoms with E-state index in [1.54, 1.807) is 4.68 Å². The molecule has 4 heteroatoms. The number of rotatable bonds is 3. The maximum Gasteiger partial charge on any atom is 0.0860 e. The van der Waals surface area contributed by atoms with Gasteiger partial charge >= 0.3 is 0 Å². The van der Waals surface area contributed by atoms with Crippen molar-refractivity contribution < 1.29 is 5.11 Å². The summed E-state index contributed by atoms with van der Waals surface area (Å²) in [5.41, 5.74) is 7.23. The molecule has 0 radical (unpaired) electrons. The van der Waals surface area contributed by atoms with Gasteiger partial charge in [0.2, 0.25) is 0 Å². The molecule has 74 valence electrons. The molecule has 13 heavy (non-hydrogen) atoms. The largest absolute Gasteiger partial charge is 0.388 e. The van der Waals surface area contributed by atoms with Gasteiger partial charge in [0, 0.05) is 18.8 Å². The Labute approximate surface area is 78.4 Å². The third-order valence-electron chi connectivity index (χ3n) is 2.28. The number of nitrogens with two attached hydrogens (primary N) is 1. The molecule has 2 unspecified atom stereocenters. The maximum absolute atomic E-state index is 9.85. The van der Waals surface area contributed by atoms with Gasteiger partial charge in [0.25, 0.3) is 0 Å². The van der Waals surface area contributed by atoms with Crippen molar-refractivity contribution in [1.29, 1.82) is 0 Å². The van der Waals surface area contributed by atoms with E-state index in [-0.39, 0.29) is 5.92 Å². The lowest BCUT2D eigenvalue weighted by Gasteiger charge is -2.15. The van der Waals surface area contributed by atoms with E-state index in [1.165, 1.54) is 0 Å². The number of aliphatic hydroxyl groups excluding tert-OH is 1. The summed E-state index contributed by atoms with van der Waals surface area (Å²) in [6.45, 7) is 4.30. The molecular weight excluding hydrogens is 166 g/mol. The molecule has 0 spiro atoms. The Balaban J connectivity index is 2.87. The van der Waals surface area contributed by atoms with Gasteiger partial charge in [-0.05, 0) is 19.4 Å². The van der Waals surface area contributed by atoms with Crippen LogP contribution in [0.15, 0.2) is 6.20 Å². The highest BCUT2D eigenvalue weighted by Crippen LogP contribution is 2.22. The first-order valence-electron chi connectivity index (χ1n) is 4.44. The van der Waals surface area contributed by atoms with Crippen LogP contribution in [0.4, 0.5) is 0 Å². The fraction of sp³-hybridized carbons (Fsp3) is 0.667. The van der Waals surface area contributed by atoms with Crippen molar-refractivity contribution in [1.82, 2.24) is 9.78 Å². The third-order valence-corrected chi connectivity index (χ3v) is 2.28. The van der Waals surface area contributed by atoms with Crippen LogP contribution in [0.2, 0.25) is 0 Å². The molecule has 0 bridgehead atoms. The van der Waals surface area contributed by atoms with E-state index in [2.05, 4.69) is 5.10 Å². The number of hydrogen-bond acceptors (Lipinski definition) is 3. The maximum atomic E-state index is 9.85. The highest BCUT2D eigenvalue weighted by molar-refractivity contribution is 5.18. The zero-order chi connectivity index (χ0) is 10.0. The first kappa shape index (κ1) is 10.2. The SMILES string of the molecule is Cc1nn(C)cc1C(O)C(C)CN. The summed E-state index contributed by atoms with van der Waals surface area (Å²) in [6.07, 6.45) is 1.34. The van der Waals surface area contributed by atoms with Crippen LogP contribution in [0.5, 0.6) is 0 Å². The van der Waals surface area contributed by atoms with E-state index in [1.807, 2.05) is 27.1 Å². The zero-order valence-electron chi connectivity index (χ0n) is 8.36. The number of nitrogens with zero attached hydrogens (tertiary/aromatic N) is 2. The lowest BCUT2D eigenvalue weighted by molar-refractivity contribution is 0.121. The van der Waals surface area contributed by atoms with E-state index in [9.17, 15) is 5.11 Å². The monoisotopic (exact) mass is 183 g/mol. The molecule has 0 aromatic carbocycles. The van der Waals surface area contributed by atoms with Crippen LogP contribution in [-0.2, 0) is 7.05 Å². The predicted octanol–water partition coefficient (Wildman–Crippen LogP) is 0.357. The van der Waals surface area contributed by atoms with Gasteiger partial charge in [-0.25, -0.2) is 0 Å². The summed E-state index contributed by atoms with van der Waals surface area (Å²) in [6, 6.07) is 0. The van der Waals surface area contributed by atoms with Gasteiger partial charge in [-0.3, -0.25) is 4.68 Å². The van der Waals surface area contributed by atoms with Crippen LogP contribution >= 0.6 is 0 Å². The zero-order valence-corrected chi connectivity index (χ0v) is 8.36. The van der Waals surface area contributed by atoms with Gasteiger partial charge in [-0.15, -0.1) is 0 Å². The van der Waals surface area contributed by atoms with E-state index >= 15 is 0 Å². The molecule has 1 aromatic heterocycles. The normalized spacial score (nSPS) is 15.8. The predicted molar refractivity (Wildman–Crippen MR) is 51.1 cm³/mol. The van der Waals surface area contributed by atoms with Gasteiger partial charge in [0.1, 0.15) is 0 Å². The fourth-order valence-corrected chi connectivity index (χ4v) is 1.34. The lowest BCUT2D eigenvalue weighted by atomic mass is 9.98. The van der Waals surface area contributed by atoms with Crippen LogP contribution in [0.1, 0.15) is 24.3 Å². The Hall–Kier alpha value is -0.870. The van der Waals surface area contributed by atoms with E-state index in [4.69, 9.17) is 5.73 Å². The average Bonchev–Trinajstić information content (AvgIpc) is 2.42. The molecule has 0 aliphatic rings. The minimum absolute atomic E-state index is 0.0721. The molecule has 0 fully saturated rings. The number of hydrogen-bond donors (Lipinski definition) is 2. The molecule has 3 N–H and O–H groups in total. The number of aliphatic hydroxyl groups is 1. The highest BCUT2D eigenvalue weighted by atomic mass is 16.3. The average molecular weight is 183 g/mol. The van der Waals surface area contributed by atoms with Crippen LogP contribution in [0.3, 0.4) is 0 Å². The second-order valence-corrected chi connectivity index (χ2v) is 3.50. The van der Waals surface area contributed by atoms with Crippen molar-refractivity contribution in [3.63, 3.8) is 0 Å². The number of aromatic nitrogens is 2. The van der Waals surface area contributed by atoms with Crippen molar-refractivity contribution in [3.05, 3.63) is 17.5 Å². The smallest absolute Gasteiger partial charge is 0.0860 e. The first-order chi connectivity index (χ1) is 6.06. The quantitative estimate of drug-likeness (QED) is 0.711. The third kappa shape index (κ3) is 2.08. The Morgan fingerprint density at radius 2 is 2.31 bits per heavy atom. The van der Waals surface area contributed by atoms with Crippen LogP contribution < -0.4 is 5.73 Å². The van der Waals surface area contributed by atoms with Crippen LogP contribution in [0, 0.1) is 12.8 Å². The Morgan fingerprint density at radius 3 is 2.69 bits per heavy atom. The van der Waals surface area contributed by atoms with Crippen molar-refractivity contribution >= 4 is 0 Å². The highest BCUT2D eigenvalue weighted by Gasteiger charge is 2.18. The molecule has 0 saturated heterocycles. The summed E-state index contributed by atoms with van der Waals surface area (Å²) in [4.78, 5) is 0. The molecule has 0 amide bonds. The van der Waals surface area contributed by atoms with Crippen molar-refractivity contribution in [2.75, 3.05) is 6.54 Å². The topological polar surface area (TPSA) is 64.1 Å². The molecule has 1 rings (SSSR count). The van der Waals surface area contributed by atoms with Gasteiger partial charge in [0.05, 0.1) is 11.8 Å². The van der Waals surface area contributed by atoms with E-state index < -0.39 is 6.10 Å². The number of aryl methyl sites for hydroxylation is 2. The molecule has 0 aliphatic heterocycles. The molecule has 2 atom stereocenters. The van der Waals surface area contributed by atoms with Gasteiger partial charge in [-0.2, -0.15) is 5.10 Å². The summed E-state index contributed by atoms with van der Waals surface area (Å²) < 4.78 is 1.71. The molecule has 1 heterocycles. The molecule has 0 saturated carbocycles. The van der Waals surface area contributed by atoms with Crippen molar-refractivity contribution in [2.24, 2.45) is 18.7 Å². The van der Waals surface area contributed by atoms with Gasteiger partial charge in [-0.1, -0.05) is 6.92 Å². The molecule has 0 aliphatic carbocycles. The van der Waals surface area contributed by atoms with Gasteiger partial charge in [0.15, 0.2) is 0 Å². The van der Waals surface area contributed by atoms with Crippen LogP contribution in [0.25, 0.3) is 0 Å². The Morgan fingerprint density at radius 1 is 1.69 bits per heavy atom. The van der Waals surface area contributed by atoms with Crippen LogP contribution in [-0.4, -0.2) is 21.4 Å². The Kier molecular flexibility index (Phi) is 3.06. The molecular formula is C9H17N3O. The first-order valence-corrected chi connectivity index (χ1v) is 4.44. The molecule has 1 aromatic rings. The van der Waals surface area contributed by atoms with E-state index in [0.29, 0.717) is 6.54 Å². The second-order valence-electron chi connectivity index (χ2n) is 3.50. The summed E-state index contributed by atoms with van der Waals surface area (Å²) in [7, 11) is 1.84.